The summed E-state index contributed by atoms with van der Waals surface area (Å²) in [6, 6.07) is 4.42. The first-order valence-electron chi connectivity index (χ1n) is 4.47. The van der Waals surface area contributed by atoms with Gasteiger partial charge in [-0.05, 0) is 38.0 Å². The highest BCUT2D eigenvalue weighted by Crippen LogP contribution is 2.15. The van der Waals surface area contributed by atoms with E-state index in [1.807, 2.05) is 0 Å². The smallest absolute Gasteiger partial charge is 0.0388 e. The largest absolute Gasteiger partial charge is 0.385 e. The van der Waals surface area contributed by atoms with Crippen molar-refractivity contribution in [3.05, 3.63) is 23.3 Å². The third kappa shape index (κ3) is 1.69. The van der Waals surface area contributed by atoms with Gasteiger partial charge < -0.3 is 5.32 Å². The molecule has 1 aromatic carbocycles. The first-order valence-corrected chi connectivity index (χ1v) is 5.47. The highest BCUT2D eigenvalue weighted by atomic mass is 28.1. The van der Waals surface area contributed by atoms with Crippen LogP contribution in [0.15, 0.2) is 12.1 Å². The van der Waals surface area contributed by atoms with Gasteiger partial charge in [-0.3, -0.25) is 0 Å². The molecule has 0 unspecified atom stereocenters. The zero-order valence-corrected chi connectivity index (χ0v) is 10.4. The molecular formula is C10H17NSi. The maximum atomic E-state index is 3.36. The highest BCUT2D eigenvalue weighted by Gasteiger charge is 2.01. The van der Waals surface area contributed by atoms with E-state index in [1.54, 1.807) is 0 Å². The Morgan fingerprint density at radius 2 is 1.92 bits per heavy atom. The summed E-state index contributed by atoms with van der Waals surface area (Å²) < 4.78 is 0. The molecule has 1 rings (SSSR count). The SMILES string of the molecule is CCNc1ccc([SiH3])c(C)c1C. The van der Waals surface area contributed by atoms with Gasteiger partial charge in [0, 0.05) is 22.5 Å². The zero-order chi connectivity index (χ0) is 9.14. The normalized spacial score (nSPS) is 10.2. The van der Waals surface area contributed by atoms with Gasteiger partial charge in [0.25, 0.3) is 0 Å². The fourth-order valence-corrected chi connectivity index (χ4v) is 1.88. The Bertz CT molecular complexity index is 281. The summed E-state index contributed by atoms with van der Waals surface area (Å²) in [4.78, 5) is 0. The van der Waals surface area contributed by atoms with E-state index in [9.17, 15) is 0 Å². The van der Waals surface area contributed by atoms with Crippen molar-refractivity contribution >= 4 is 21.1 Å². The van der Waals surface area contributed by atoms with Crippen molar-refractivity contribution in [1.82, 2.24) is 0 Å². The lowest BCUT2D eigenvalue weighted by atomic mass is 10.1. The quantitative estimate of drug-likeness (QED) is 0.660. The van der Waals surface area contributed by atoms with Crippen molar-refractivity contribution in [3.8, 4) is 0 Å². The van der Waals surface area contributed by atoms with Crippen LogP contribution in [0.5, 0.6) is 0 Å². The van der Waals surface area contributed by atoms with Crippen LogP contribution in [-0.2, 0) is 0 Å². The van der Waals surface area contributed by atoms with Crippen molar-refractivity contribution < 1.29 is 0 Å². The average Bonchev–Trinajstić information content (AvgIpc) is 2.07. The first kappa shape index (κ1) is 9.33. The van der Waals surface area contributed by atoms with Crippen LogP contribution >= 0.6 is 0 Å². The molecule has 0 bridgehead atoms. The average molecular weight is 179 g/mol. The molecule has 0 saturated heterocycles. The van der Waals surface area contributed by atoms with E-state index in [2.05, 4.69) is 38.2 Å². The minimum absolute atomic E-state index is 1.00. The van der Waals surface area contributed by atoms with Crippen LogP contribution < -0.4 is 10.5 Å². The zero-order valence-electron chi connectivity index (χ0n) is 8.36. The molecule has 0 amide bonds. The van der Waals surface area contributed by atoms with Crippen LogP contribution in [0, 0.1) is 13.8 Å². The number of hydrogen-bond acceptors (Lipinski definition) is 1. The molecule has 12 heavy (non-hydrogen) atoms. The Kier molecular flexibility index (Phi) is 2.92. The number of benzene rings is 1. The van der Waals surface area contributed by atoms with Crippen LogP contribution in [0.2, 0.25) is 0 Å². The van der Waals surface area contributed by atoms with Gasteiger partial charge in [-0.2, -0.15) is 0 Å². The highest BCUT2D eigenvalue weighted by molar-refractivity contribution is 6.33. The van der Waals surface area contributed by atoms with Crippen molar-refractivity contribution in [1.29, 1.82) is 0 Å². The van der Waals surface area contributed by atoms with Crippen LogP contribution in [0.4, 0.5) is 5.69 Å². The van der Waals surface area contributed by atoms with Crippen LogP contribution in [-0.4, -0.2) is 16.8 Å². The Labute approximate surface area is 77.6 Å². The molecule has 1 N–H and O–H groups in total. The third-order valence-corrected chi connectivity index (χ3v) is 3.51. The van der Waals surface area contributed by atoms with Crippen molar-refractivity contribution in [2.45, 2.75) is 20.8 Å². The molecular weight excluding hydrogens is 162 g/mol. The van der Waals surface area contributed by atoms with Gasteiger partial charge >= 0.3 is 0 Å². The number of hydrogen-bond donors (Lipinski definition) is 1. The second kappa shape index (κ2) is 3.76. The molecule has 66 valence electrons. The van der Waals surface area contributed by atoms with Gasteiger partial charge in [0.15, 0.2) is 0 Å². The van der Waals surface area contributed by atoms with E-state index in [4.69, 9.17) is 0 Å². The lowest BCUT2D eigenvalue weighted by Gasteiger charge is -2.11. The molecule has 1 aromatic rings. The van der Waals surface area contributed by atoms with Gasteiger partial charge in [0.1, 0.15) is 0 Å². The van der Waals surface area contributed by atoms with Gasteiger partial charge in [-0.15, -0.1) is 0 Å². The summed E-state index contributed by atoms with van der Waals surface area (Å²) in [6.07, 6.45) is 0. The summed E-state index contributed by atoms with van der Waals surface area (Å²) in [5, 5.41) is 4.87. The molecule has 0 heterocycles. The number of nitrogens with one attached hydrogen (secondary N) is 1. The van der Waals surface area contributed by atoms with E-state index >= 15 is 0 Å². The Hall–Kier alpha value is -0.763. The maximum absolute atomic E-state index is 3.36. The van der Waals surface area contributed by atoms with Gasteiger partial charge in [-0.1, -0.05) is 11.3 Å². The predicted octanol–water partition coefficient (Wildman–Crippen LogP) is 0.726. The van der Waals surface area contributed by atoms with E-state index in [0.717, 1.165) is 16.8 Å². The molecule has 0 saturated carbocycles. The number of anilines is 1. The Balaban J connectivity index is 3.08. The molecule has 0 radical (unpaired) electrons. The lowest BCUT2D eigenvalue weighted by molar-refractivity contribution is 1.19. The molecule has 0 spiro atoms. The summed E-state index contributed by atoms with van der Waals surface area (Å²) in [7, 11) is 1.15. The monoisotopic (exact) mass is 179 g/mol. The summed E-state index contributed by atoms with van der Waals surface area (Å²) in [5.74, 6) is 0. The van der Waals surface area contributed by atoms with E-state index < -0.39 is 0 Å². The van der Waals surface area contributed by atoms with Crippen LogP contribution in [0.3, 0.4) is 0 Å². The molecule has 1 nitrogen and oxygen atoms in total. The molecule has 0 aliphatic heterocycles. The van der Waals surface area contributed by atoms with Crippen LogP contribution in [0.25, 0.3) is 0 Å². The number of rotatable bonds is 2. The summed E-state index contributed by atoms with van der Waals surface area (Å²) in [5.41, 5.74) is 4.15. The molecule has 0 aliphatic carbocycles. The van der Waals surface area contributed by atoms with E-state index in [0.29, 0.717) is 0 Å². The topological polar surface area (TPSA) is 12.0 Å². The summed E-state index contributed by atoms with van der Waals surface area (Å²) in [6.45, 7) is 7.53. The fraction of sp³-hybridized carbons (Fsp3) is 0.400. The fourth-order valence-electron chi connectivity index (χ4n) is 1.34. The van der Waals surface area contributed by atoms with Crippen molar-refractivity contribution in [2.24, 2.45) is 0 Å². The standard InChI is InChI=1S/C10H17NSi/c1-4-11-9-5-6-10(12)8(3)7(9)2/h5-6,11H,4H2,1-3,12H3. The van der Waals surface area contributed by atoms with E-state index in [-0.39, 0.29) is 0 Å². The molecule has 2 heteroatoms. The summed E-state index contributed by atoms with van der Waals surface area (Å²) >= 11 is 0. The minimum atomic E-state index is 1.00. The lowest BCUT2D eigenvalue weighted by Crippen LogP contribution is -2.11. The minimum Gasteiger partial charge on any atom is -0.385 e. The Morgan fingerprint density at radius 1 is 1.25 bits per heavy atom. The second-order valence-electron chi connectivity index (χ2n) is 3.21. The first-order chi connectivity index (χ1) is 5.66. The maximum Gasteiger partial charge on any atom is 0.0388 e. The van der Waals surface area contributed by atoms with Crippen LogP contribution in [0.1, 0.15) is 18.1 Å². The molecule has 0 fully saturated rings. The van der Waals surface area contributed by atoms with Crippen molar-refractivity contribution in [2.75, 3.05) is 11.9 Å². The van der Waals surface area contributed by atoms with E-state index in [1.165, 1.54) is 22.0 Å². The predicted molar refractivity (Wildman–Crippen MR) is 59.7 cm³/mol. The third-order valence-electron chi connectivity index (χ3n) is 2.43. The second-order valence-corrected chi connectivity index (χ2v) is 4.29. The molecule has 0 aliphatic rings. The van der Waals surface area contributed by atoms with Crippen molar-refractivity contribution in [3.63, 3.8) is 0 Å². The Morgan fingerprint density at radius 3 is 2.50 bits per heavy atom. The van der Waals surface area contributed by atoms with Gasteiger partial charge in [0.2, 0.25) is 0 Å². The molecule has 0 aromatic heterocycles. The molecule has 0 atom stereocenters. The van der Waals surface area contributed by atoms with Gasteiger partial charge in [-0.25, -0.2) is 0 Å². The van der Waals surface area contributed by atoms with Gasteiger partial charge in [0.05, 0.1) is 0 Å².